The highest BCUT2D eigenvalue weighted by atomic mass is 16.6. The summed E-state index contributed by atoms with van der Waals surface area (Å²) in [6, 6.07) is 8.99. The predicted molar refractivity (Wildman–Crippen MR) is 113 cm³/mol. The van der Waals surface area contributed by atoms with Gasteiger partial charge in [-0.3, -0.25) is 19.9 Å². The molecule has 1 aliphatic rings. The van der Waals surface area contributed by atoms with Crippen LogP contribution >= 0.6 is 0 Å². The standard InChI is InChI=1S/C21H26N4O5/c1-2-29-21(26)4-3-15-30-20-6-5-18(16-19(20)25(27)28)24-13-11-23(12-14-24)17-7-9-22-10-8-17/h5-10,16H,2-4,11-15H2,1H3. The summed E-state index contributed by atoms with van der Waals surface area (Å²) < 4.78 is 10.4. The number of hydrogen-bond donors (Lipinski definition) is 0. The molecular formula is C21H26N4O5. The van der Waals surface area contributed by atoms with E-state index in [1.54, 1.807) is 31.5 Å². The second-order valence-corrected chi connectivity index (χ2v) is 6.85. The lowest BCUT2D eigenvalue weighted by Crippen LogP contribution is -2.46. The molecule has 2 aromatic rings. The zero-order chi connectivity index (χ0) is 21.3. The Labute approximate surface area is 175 Å². The number of rotatable bonds is 9. The van der Waals surface area contributed by atoms with Gasteiger partial charge in [-0.25, -0.2) is 0 Å². The van der Waals surface area contributed by atoms with Gasteiger partial charge < -0.3 is 19.3 Å². The number of piperazine rings is 1. The molecule has 0 radical (unpaired) electrons. The Kier molecular flexibility index (Phi) is 7.42. The summed E-state index contributed by atoms with van der Waals surface area (Å²) in [4.78, 5) is 30.9. The number of ether oxygens (including phenoxy) is 2. The second kappa shape index (κ2) is 10.4. The molecule has 1 aliphatic heterocycles. The van der Waals surface area contributed by atoms with Crippen molar-refractivity contribution in [3.05, 3.63) is 52.8 Å². The van der Waals surface area contributed by atoms with E-state index in [0.717, 1.165) is 37.6 Å². The number of carbonyl (C=O) groups excluding carboxylic acids is 1. The fourth-order valence-corrected chi connectivity index (χ4v) is 3.38. The number of esters is 1. The van der Waals surface area contributed by atoms with Gasteiger partial charge in [0.25, 0.3) is 0 Å². The first-order valence-corrected chi connectivity index (χ1v) is 10.0. The molecule has 0 saturated carbocycles. The fourth-order valence-electron chi connectivity index (χ4n) is 3.38. The number of nitro benzene ring substituents is 1. The molecule has 9 nitrogen and oxygen atoms in total. The molecule has 0 unspecified atom stereocenters. The number of benzene rings is 1. The van der Waals surface area contributed by atoms with Gasteiger partial charge in [0.05, 0.1) is 18.1 Å². The van der Waals surface area contributed by atoms with Crippen LogP contribution in [-0.2, 0) is 9.53 Å². The number of aromatic nitrogens is 1. The van der Waals surface area contributed by atoms with E-state index >= 15 is 0 Å². The van der Waals surface area contributed by atoms with Crippen molar-refractivity contribution in [3.63, 3.8) is 0 Å². The Morgan fingerprint density at radius 3 is 2.40 bits per heavy atom. The average Bonchev–Trinajstić information content (AvgIpc) is 2.77. The molecule has 0 atom stereocenters. The quantitative estimate of drug-likeness (QED) is 0.267. The summed E-state index contributed by atoms with van der Waals surface area (Å²) in [5.41, 5.74) is 1.86. The molecule has 2 heterocycles. The van der Waals surface area contributed by atoms with E-state index in [0.29, 0.717) is 13.0 Å². The number of anilines is 2. The Morgan fingerprint density at radius 1 is 1.10 bits per heavy atom. The normalized spacial score (nSPS) is 13.8. The van der Waals surface area contributed by atoms with E-state index in [1.807, 2.05) is 18.2 Å². The van der Waals surface area contributed by atoms with Gasteiger partial charge in [-0.2, -0.15) is 0 Å². The maximum Gasteiger partial charge on any atom is 0.312 e. The van der Waals surface area contributed by atoms with Crippen LogP contribution in [0.4, 0.5) is 17.1 Å². The second-order valence-electron chi connectivity index (χ2n) is 6.85. The molecule has 160 valence electrons. The van der Waals surface area contributed by atoms with Crippen LogP contribution < -0.4 is 14.5 Å². The van der Waals surface area contributed by atoms with Crippen LogP contribution in [0.5, 0.6) is 5.75 Å². The van der Waals surface area contributed by atoms with Crippen molar-refractivity contribution in [1.82, 2.24) is 4.98 Å². The van der Waals surface area contributed by atoms with Crippen LogP contribution in [0.25, 0.3) is 0 Å². The largest absolute Gasteiger partial charge is 0.487 e. The lowest BCUT2D eigenvalue weighted by atomic mass is 10.2. The molecule has 1 saturated heterocycles. The lowest BCUT2D eigenvalue weighted by Gasteiger charge is -2.37. The van der Waals surface area contributed by atoms with Gasteiger partial charge >= 0.3 is 11.7 Å². The molecule has 1 fully saturated rings. The molecule has 1 aromatic carbocycles. The summed E-state index contributed by atoms with van der Waals surface area (Å²) in [5.74, 6) is -0.0834. The molecule has 3 rings (SSSR count). The highest BCUT2D eigenvalue weighted by molar-refractivity contribution is 5.69. The highest BCUT2D eigenvalue weighted by Gasteiger charge is 2.22. The first-order chi connectivity index (χ1) is 14.6. The lowest BCUT2D eigenvalue weighted by molar-refractivity contribution is -0.385. The Morgan fingerprint density at radius 2 is 1.77 bits per heavy atom. The van der Waals surface area contributed by atoms with Gasteiger partial charge in [0.2, 0.25) is 0 Å². The highest BCUT2D eigenvalue weighted by Crippen LogP contribution is 2.32. The smallest absolute Gasteiger partial charge is 0.312 e. The summed E-state index contributed by atoms with van der Waals surface area (Å²) in [6.45, 7) is 5.47. The van der Waals surface area contributed by atoms with E-state index in [2.05, 4.69) is 14.8 Å². The molecule has 9 heteroatoms. The van der Waals surface area contributed by atoms with Crippen LogP contribution in [0.1, 0.15) is 19.8 Å². The van der Waals surface area contributed by atoms with Crippen molar-refractivity contribution >= 4 is 23.0 Å². The number of nitrogens with zero attached hydrogens (tertiary/aromatic N) is 4. The third-order valence-corrected chi connectivity index (χ3v) is 4.90. The van der Waals surface area contributed by atoms with Crippen LogP contribution in [0.15, 0.2) is 42.7 Å². The van der Waals surface area contributed by atoms with Gasteiger partial charge in [0, 0.05) is 62.4 Å². The van der Waals surface area contributed by atoms with Crippen molar-refractivity contribution in [1.29, 1.82) is 0 Å². The zero-order valence-electron chi connectivity index (χ0n) is 17.0. The monoisotopic (exact) mass is 414 g/mol. The Balaban J connectivity index is 1.58. The Hall–Kier alpha value is -3.36. The summed E-state index contributed by atoms with van der Waals surface area (Å²) in [6.07, 6.45) is 4.21. The molecule has 0 amide bonds. The van der Waals surface area contributed by atoms with Gasteiger partial charge in [-0.15, -0.1) is 0 Å². The predicted octanol–water partition coefficient (Wildman–Crippen LogP) is 3.04. The Bertz CT molecular complexity index is 854. The minimum absolute atomic E-state index is 0.0693. The first kappa shape index (κ1) is 21.4. The molecule has 0 N–H and O–H groups in total. The van der Waals surface area contributed by atoms with Crippen LogP contribution in [0, 0.1) is 10.1 Å². The average molecular weight is 414 g/mol. The maximum absolute atomic E-state index is 11.5. The molecular weight excluding hydrogens is 388 g/mol. The summed E-state index contributed by atoms with van der Waals surface area (Å²) in [5, 5.41) is 11.5. The van der Waals surface area contributed by atoms with Crippen molar-refractivity contribution in [2.75, 3.05) is 49.2 Å². The first-order valence-electron chi connectivity index (χ1n) is 10.0. The molecule has 0 spiro atoms. The van der Waals surface area contributed by atoms with Crippen molar-refractivity contribution < 1.29 is 19.2 Å². The van der Waals surface area contributed by atoms with E-state index < -0.39 is 4.92 Å². The van der Waals surface area contributed by atoms with Crippen LogP contribution in [0.2, 0.25) is 0 Å². The summed E-state index contributed by atoms with van der Waals surface area (Å²) in [7, 11) is 0. The topological polar surface area (TPSA) is 98.0 Å². The molecule has 1 aromatic heterocycles. The third kappa shape index (κ3) is 5.59. The van der Waals surface area contributed by atoms with Gasteiger partial charge in [-0.05, 0) is 37.6 Å². The van der Waals surface area contributed by atoms with Crippen molar-refractivity contribution in [2.45, 2.75) is 19.8 Å². The van der Waals surface area contributed by atoms with E-state index in [4.69, 9.17) is 9.47 Å². The van der Waals surface area contributed by atoms with E-state index in [-0.39, 0.29) is 30.4 Å². The minimum atomic E-state index is -0.433. The van der Waals surface area contributed by atoms with Crippen LogP contribution in [-0.4, -0.2) is 55.3 Å². The van der Waals surface area contributed by atoms with Gasteiger partial charge in [-0.1, -0.05) is 0 Å². The van der Waals surface area contributed by atoms with Crippen LogP contribution in [0.3, 0.4) is 0 Å². The minimum Gasteiger partial charge on any atom is -0.487 e. The third-order valence-electron chi connectivity index (χ3n) is 4.90. The number of nitro groups is 1. The molecule has 0 aliphatic carbocycles. The number of hydrogen-bond acceptors (Lipinski definition) is 8. The molecule has 0 bridgehead atoms. The number of pyridine rings is 1. The van der Waals surface area contributed by atoms with E-state index in [9.17, 15) is 14.9 Å². The summed E-state index contributed by atoms with van der Waals surface area (Å²) >= 11 is 0. The van der Waals surface area contributed by atoms with Gasteiger partial charge in [0.1, 0.15) is 0 Å². The maximum atomic E-state index is 11.5. The fraction of sp³-hybridized carbons (Fsp3) is 0.429. The number of carbonyl (C=O) groups is 1. The molecule has 30 heavy (non-hydrogen) atoms. The van der Waals surface area contributed by atoms with Crippen molar-refractivity contribution in [2.24, 2.45) is 0 Å². The SMILES string of the molecule is CCOC(=O)CCCOc1ccc(N2CCN(c3ccncc3)CC2)cc1[N+](=O)[O-]. The van der Waals surface area contributed by atoms with Crippen molar-refractivity contribution in [3.8, 4) is 5.75 Å². The zero-order valence-corrected chi connectivity index (χ0v) is 17.0. The van der Waals surface area contributed by atoms with E-state index in [1.165, 1.54) is 0 Å². The van der Waals surface area contributed by atoms with Gasteiger partial charge in [0.15, 0.2) is 5.75 Å².